The van der Waals surface area contributed by atoms with E-state index in [4.69, 9.17) is 11.6 Å². The molecule has 0 bridgehead atoms. The summed E-state index contributed by atoms with van der Waals surface area (Å²) in [7, 11) is 0. The van der Waals surface area contributed by atoms with Crippen LogP contribution < -0.4 is 10.2 Å². The Morgan fingerprint density at radius 1 is 1.14 bits per heavy atom. The van der Waals surface area contributed by atoms with Crippen molar-refractivity contribution in [3.63, 3.8) is 0 Å². The van der Waals surface area contributed by atoms with Gasteiger partial charge in [0.15, 0.2) is 0 Å². The van der Waals surface area contributed by atoms with Crippen LogP contribution in [0.15, 0.2) is 0 Å². The van der Waals surface area contributed by atoms with Gasteiger partial charge in [-0.1, -0.05) is 13.8 Å². The molecule has 6 nitrogen and oxygen atoms in total. The Bertz CT molecular complexity index is 452. The van der Waals surface area contributed by atoms with E-state index in [2.05, 4.69) is 25.2 Å². The molecule has 21 heavy (non-hydrogen) atoms. The molecule has 0 amide bonds. The maximum absolute atomic E-state index is 9.65. The summed E-state index contributed by atoms with van der Waals surface area (Å²) >= 11 is 6.04. The molecule has 0 atom stereocenters. The molecule has 1 aliphatic rings. The number of piperidine rings is 1. The smallest absolute Gasteiger partial charge is 0.231 e. The number of hydrogen-bond donors (Lipinski definition) is 2. The van der Waals surface area contributed by atoms with Gasteiger partial charge < -0.3 is 15.3 Å². The molecular formula is C14H24ClN5O. The number of anilines is 2. The Morgan fingerprint density at radius 2 is 1.81 bits per heavy atom. The van der Waals surface area contributed by atoms with Gasteiger partial charge in [0, 0.05) is 13.1 Å². The van der Waals surface area contributed by atoms with Crippen LogP contribution in [0, 0.1) is 0 Å². The third-order valence-electron chi connectivity index (χ3n) is 4.27. The zero-order valence-electron chi connectivity index (χ0n) is 12.8. The molecule has 0 spiro atoms. The summed E-state index contributed by atoms with van der Waals surface area (Å²) in [6, 6.07) is 0. The van der Waals surface area contributed by atoms with Crippen LogP contribution in [-0.4, -0.2) is 45.3 Å². The lowest BCUT2D eigenvalue weighted by Crippen LogP contribution is -2.41. The predicted octanol–water partition coefficient (Wildman–Crippen LogP) is 2.48. The quantitative estimate of drug-likeness (QED) is 0.840. The van der Waals surface area contributed by atoms with E-state index in [1.165, 1.54) is 6.42 Å². The normalized spacial score (nSPS) is 16.1. The van der Waals surface area contributed by atoms with Gasteiger partial charge in [0.25, 0.3) is 0 Å². The molecule has 1 aromatic rings. The van der Waals surface area contributed by atoms with Gasteiger partial charge in [-0.3, -0.25) is 0 Å². The van der Waals surface area contributed by atoms with Crippen LogP contribution in [0.25, 0.3) is 0 Å². The number of halogens is 1. The average Bonchev–Trinajstić information content (AvgIpc) is 2.53. The van der Waals surface area contributed by atoms with E-state index in [1.54, 1.807) is 0 Å². The minimum atomic E-state index is -0.413. The third kappa shape index (κ3) is 3.95. The highest BCUT2D eigenvalue weighted by Crippen LogP contribution is 2.23. The summed E-state index contributed by atoms with van der Waals surface area (Å²) in [6.45, 7) is 5.99. The van der Waals surface area contributed by atoms with Crippen molar-refractivity contribution in [2.24, 2.45) is 0 Å². The van der Waals surface area contributed by atoms with Crippen LogP contribution in [-0.2, 0) is 0 Å². The first-order valence-corrected chi connectivity index (χ1v) is 8.06. The zero-order valence-corrected chi connectivity index (χ0v) is 13.5. The van der Waals surface area contributed by atoms with Gasteiger partial charge in [0.05, 0.1) is 12.1 Å². The molecule has 0 saturated carbocycles. The molecule has 0 unspecified atom stereocenters. The standard InChI is InChI=1S/C14H24ClN5O/c1-3-14(4-2,10-21)19-12-16-11(15)17-13(18-12)20-8-6-5-7-9-20/h21H,3-10H2,1-2H3,(H,16,17,18,19). The third-order valence-corrected chi connectivity index (χ3v) is 4.44. The Morgan fingerprint density at radius 3 is 2.38 bits per heavy atom. The van der Waals surface area contributed by atoms with Gasteiger partial charge >= 0.3 is 0 Å². The lowest BCUT2D eigenvalue weighted by atomic mass is 9.94. The van der Waals surface area contributed by atoms with Gasteiger partial charge in [-0.25, -0.2) is 0 Å². The number of nitrogens with one attached hydrogen (secondary N) is 1. The van der Waals surface area contributed by atoms with Gasteiger partial charge in [0.2, 0.25) is 17.2 Å². The molecule has 7 heteroatoms. The van der Waals surface area contributed by atoms with Crippen LogP contribution in [0.2, 0.25) is 5.28 Å². The molecular weight excluding hydrogens is 290 g/mol. The Labute approximate surface area is 131 Å². The summed E-state index contributed by atoms with van der Waals surface area (Å²) < 4.78 is 0. The van der Waals surface area contributed by atoms with Gasteiger partial charge in [-0.15, -0.1) is 0 Å². The van der Waals surface area contributed by atoms with E-state index in [1.807, 2.05) is 13.8 Å². The summed E-state index contributed by atoms with van der Waals surface area (Å²) in [5.74, 6) is 1.06. The zero-order chi connectivity index (χ0) is 15.3. The highest BCUT2D eigenvalue weighted by molar-refractivity contribution is 6.28. The van der Waals surface area contributed by atoms with E-state index >= 15 is 0 Å². The fraction of sp³-hybridized carbons (Fsp3) is 0.786. The summed E-state index contributed by atoms with van der Waals surface area (Å²) in [5, 5.41) is 13.1. The number of aliphatic hydroxyl groups is 1. The molecule has 2 N–H and O–H groups in total. The molecule has 1 aromatic heterocycles. The first kappa shape index (κ1) is 16.2. The van der Waals surface area contributed by atoms with Crippen LogP contribution in [0.5, 0.6) is 0 Å². The maximum atomic E-state index is 9.65. The van der Waals surface area contributed by atoms with E-state index in [-0.39, 0.29) is 11.9 Å². The molecule has 1 fully saturated rings. The van der Waals surface area contributed by atoms with Crippen LogP contribution in [0.4, 0.5) is 11.9 Å². The number of rotatable bonds is 6. The molecule has 0 radical (unpaired) electrons. The van der Waals surface area contributed by atoms with Gasteiger partial charge in [-0.05, 0) is 43.7 Å². The van der Waals surface area contributed by atoms with Crippen molar-refractivity contribution < 1.29 is 5.11 Å². The first-order chi connectivity index (χ1) is 10.1. The van der Waals surface area contributed by atoms with Crippen molar-refractivity contribution in [1.82, 2.24) is 15.0 Å². The van der Waals surface area contributed by atoms with Gasteiger partial charge in [-0.2, -0.15) is 15.0 Å². The fourth-order valence-electron chi connectivity index (χ4n) is 2.56. The van der Waals surface area contributed by atoms with Crippen molar-refractivity contribution in [1.29, 1.82) is 0 Å². The second-order valence-corrected chi connectivity index (χ2v) is 5.88. The number of aromatic nitrogens is 3. The van der Waals surface area contributed by atoms with Gasteiger partial charge in [0.1, 0.15) is 0 Å². The van der Waals surface area contributed by atoms with Crippen molar-refractivity contribution >= 4 is 23.5 Å². The Kier molecular flexibility index (Phi) is 5.58. The van der Waals surface area contributed by atoms with Crippen LogP contribution >= 0.6 is 11.6 Å². The number of hydrogen-bond acceptors (Lipinski definition) is 6. The predicted molar refractivity (Wildman–Crippen MR) is 84.9 cm³/mol. The first-order valence-electron chi connectivity index (χ1n) is 7.68. The second-order valence-electron chi connectivity index (χ2n) is 5.55. The minimum absolute atomic E-state index is 0.0301. The summed E-state index contributed by atoms with van der Waals surface area (Å²) in [4.78, 5) is 15.0. The molecule has 1 aliphatic heterocycles. The highest BCUT2D eigenvalue weighted by Gasteiger charge is 2.27. The molecule has 1 saturated heterocycles. The van der Waals surface area contributed by atoms with E-state index in [0.29, 0.717) is 11.9 Å². The topological polar surface area (TPSA) is 74.2 Å². The lowest BCUT2D eigenvalue weighted by Gasteiger charge is -2.31. The largest absolute Gasteiger partial charge is 0.394 e. The lowest BCUT2D eigenvalue weighted by molar-refractivity contribution is 0.201. The molecule has 0 aromatic carbocycles. The van der Waals surface area contributed by atoms with Crippen LogP contribution in [0.1, 0.15) is 46.0 Å². The Balaban J connectivity index is 2.21. The van der Waals surface area contributed by atoms with Crippen molar-refractivity contribution in [2.45, 2.75) is 51.5 Å². The monoisotopic (exact) mass is 313 g/mol. The summed E-state index contributed by atoms with van der Waals surface area (Å²) in [6.07, 6.45) is 5.11. The molecule has 0 aliphatic carbocycles. The van der Waals surface area contributed by atoms with E-state index in [0.717, 1.165) is 38.8 Å². The summed E-state index contributed by atoms with van der Waals surface area (Å²) in [5.41, 5.74) is -0.413. The molecule has 2 rings (SSSR count). The van der Waals surface area contributed by atoms with Crippen LogP contribution in [0.3, 0.4) is 0 Å². The fourth-order valence-corrected chi connectivity index (χ4v) is 2.71. The number of aliphatic hydroxyl groups excluding tert-OH is 1. The molecule has 2 heterocycles. The van der Waals surface area contributed by atoms with E-state index in [9.17, 15) is 5.11 Å². The van der Waals surface area contributed by atoms with Crippen molar-refractivity contribution in [3.8, 4) is 0 Å². The SMILES string of the molecule is CCC(CC)(CO)Nc1nc(Cl)nc(N2CCCCC2)n1. The van der Waals surface area contributed by atoms with E-state index < -0.39 is 5.54 Å². The number of nitrogens with zero attached hydrogens (tertiary/aromatic N) is 4. The van der Waals surface area contributed by atoms with Crippen molar-refractivity contribution in [2.75, 3.05) is 29.9 Å². The highest BCUT2D eigenvalue weighted by atomic mass is 35.5. The molecule has 118 valence electrons. The second kappa shape index (κ2) is 7.22. The van der Waals surface area contributed by atoms with Crippen molar-refractivity contribution in [3.05, 3.63) is 5.28 Å². The maximum Gasteiger partial charge on any atom is 0.231 e. The minimum Gasteiger partial charge on any atom is -0.394 e. The average molecular weight is 314 g/mol. The Hall–Kier alpha value is -1.14.